The molecule has 0 unspecified atom stereocenters. The zero-order chi connectivity index (χ0) is 13.2. The lowest BCUT2D eigenvalue weighted by molar-refractivity contribution is -0.126. The van der Waals surface area contributed by atoms with Crippen LogP contribution in [0.25, 0.3) is 0 Å². The monoisotopic (exact) mass is 242 g/mol. The molecule has 18 heavy (non-hydrogen) atoms. The van der Waals surface area contributed by atoms with Crippen molar-refractivity contribution in [3.8, 4) is 6.07 Å². The van der Waals surface area contributed by atoms with Crippen molar-refractivity contribution in [1.82, 2.24) is 0 Å². The van der Waals surface area contributed by atoms with E-state index < -0.39 is 5.41 Å². The van der Waals surface area contributed by atoms with Crippen molar-refractivity contribution >= 4 is 11.6 Å². The molecule has 1 aromatic rings. The topological polar surface area (TPSA) is 52.9 Å². The van der Waals surface area contributed by atoms with Gasteiger partial charge in [-0.1, -0.05) is 25.1 Å². The number of carbonyl (C=O) groups excluding carboxylic acids is 1. The number of rotatable bonds is 3. The Balaban J connectivity index is 2.25. The van der Waals surface area contributed by atoms with Crippen LogP contribution in [0, 0.1) is 23.7 Å². The van der Waals surface area contributed by atoms with E-state index in [-0.39, 0.29) is 5.91 Å². The van der Waals surface area contributed by atoms with Gasteiger partial charge in [-0.15, -0.1) is 0 Å². The van der Waals surface area contributed by atoms with Crippen molar-refractivity contribution in [2.45, 2.75) is 39.5 Å². The maximum atomic E-state index is 12.2. The Morgan fingerprint density at radius 1 is 1.50 bits per heavy atom. The van der Waals surface area contributed by atoms with Gasteiger partial charge in [0.2, 0.25) is 5.91 Å². The van der Waals surface area contributed by atoms with Gasteiger partial charge in [-0.25, -0.2) is 0 Å². The van der Waals surface area contributed by atoms with Gasteiger partial charge in [-0.2, -0.15) is 5.26 Å². The van der Waals surface area contributed by atoms with Gasteiger partial charge in [0, 0.05) is 5.69 Å². The van der Waals surface area contributed by atoms with Crippen LogP contribution >= 0.6 is 0 Å². The molecule has 1 aliphatic rings. The van der Waals surface area contributed by atoms with Crippen LogP contribution in [-0.2, 0) is 11.2 Å². The lowest BCUT2D eigenvalue weighted by Crippen LogP contribution is -2.41. The van der Waals surface area contributed by atoms with E-state index in [4.69, 9.17) is 5.26 Å². The number of nitrogens with one attached hydrogen (secondary N) is 1. The first-order valence-electron chi connectivity index (χ1n) is 6.44. The van der Waals surface area contributed by atoms with Crippen molar-refractivity contribution in [2.75, 3.05) is 5.32 Å². The SMILES string of the molecule is CCc1cccc(C)c1NC(=O)C1(C#N)CCC1. The molecule has 0 radical (unpaired) electrons. The minimum absolute atomic E-state index is 0.139. The van der Waals surface area contributed by atoms with Crippen LogP contribution in [0.4, 0.5) is 5.69 Å². The van der Waals surface area contributed by atoms with Crippen LogP contribution < -0.4 is 5.32 Å². The van der Waals surface area contributed by atoms with Gasteiger partial charge >= 0.3 is 0 Å². The van der Waals surface area contributed by atoms with Crippen molar-refractivity contribution in [3.05, 3.63) is 29.3 Å². The predicted molar refractivity (Wildman–Crippen MR) is 71.1 cm³/mol. The summed E-state index contributed by atoms with van der Waals surface area (Å²) in [7, 11) is 0. The van der Waals surface area contributed by atoms with Crippen LogP contribution in [0.15, 0.2) is 18.2 Å². The van der Waals surface area contributed by atoms with Crippen LogP contribution in [0.1, 0.15) is 37.3 Å². The van der Waals surface area contributed by atoms with E-state index in [2.05, 4.69) is 18.3 Å². The number of hydrogen-bond acceptors (Lipinski definition) is 2. The molecule has 0 saturated heterocycles. The van der Waals surface area contributed by atoms with E-state index in [1.54, 1.807) is 0 Å². The average molecular weight is 242 g/mol. The third-order valence-corrected chi connectivity index (χ3v) is 3.83. The first-order chi connectivity index (χ1) is 8.63. The smallest absolute Gasteiger partial charge is 0.244 e. The molecule has 0 aliphatic heterocycles. The van der Waals surface area contributed by atoms with Gasteiger partial charge in [0.1, 0.15) is 5.41 Å². The number of benzene rings is 1. The Labute approximate surface area is 108 Å². The number of aryl methyl sites for hydroxylation is 2. The van der Waals surface area contributed by atoms with E-state index in [1.165, 1.54) is 0 Å². The molecule has 1 aliphatic carbocycles. The molecule has 1 saturated carbocycles. The van der Waals surface area contributed by atoms with Crippen LogP contribution in [-0.4, -0.2) is 5.91 Å². The third-order valence-electron chi connectivity index (χ3n) is 3.83. The zero-order valence-corrected chi connectivity index (χ0v) is 10.9. The molecule has 3 nitrogen and oxygen atoms in total. The number of hydrogen-bond donors (Lipinski definition) is 1. The van der Waals surface area contributed by atoms with E-state index in [0.717, 1.165) is 29.7 Å². The van der Waals surface area contributed by atoms with E-state index in [9.17, 15) is 4.79 Å². The van der Waals surface area contributed by atoms with Gasteiger partial charge in [0.25, 0.3) is 0 Å². The first kappa shape index (κ1) is 12.6. The molecule has 94 valence electrons. The van der Waals surface area contributed by atoms with Crippen LogP contribution in [0.5, 0.6) is 0 Å². The maximum Gasteiger partial charge on any atom is 0.244 e. The summed E-state index contributed by atoms with van der Waals surface area (Å²) in [5, 5.41) is 12.1. The highest BCUT2D eigenvalue weighted by Crippen LogP contribution is 2.41. The second-order valence-electron chi connectivity index (χ2n) is 4.96. The standard InChI is InChI=1S/C15H18N2O/c1-3-12-7-4-6-11(2)13(12)17-14(18)15(10-16)8-5-9-15/h4,6-7H,3,5,8-9H2,1-2H3,(H,17,18). The molecule has 1 N–H and O–H groups in total. The summed E-state index contributed by atoms with van der Waals surface area (Å²) < 4.78 is 0. The second kappa shape index (κ2) is 4.81. The summed E-state index contributed by atoms with van der Waals surface area (Å²) in [4.78, 5) is 12.2. The molecule has 1 amide bonds. The molecule has 1 fully saturated rings. The largest absolute Gasteiger partial charge is 0.324 e. The van der Waals surface area contributed by atoms with Gasteiger partial charge in [0.05, 0.1) is 6.07 Å². The minimum Gasteiger partial charge on any atom is -0.324 e. The summed E-state index contributed by atoms with van der Waals surface area (Å²) in [5.74, 6) is -0.139. The van der Waals surface area contributed by atoms with E-state index in [1.807, 2.05) is 25.1 Å². The molecule has 0 heterocycles. The lowest BCUT2D eigenvalue weighted by atomic mass is 9.69. The highest BCUT2D eigenvalue weighted by atomic mass is 16.2. The molecule has 3 heteroatoms. The summed E-state index contributed by atoms with van der Waals surface area (Å²) >= 11 is 0. The molecular weight excluding hydrogens is 224 g/mol. The summed E-state index contributed by atoms with van der Waals surface area (Å²) in [5.41, 5.74) is 2.27. The average Bonchev–Trinajstić information content (AvgIpc) is 2.31. The van der Waals surface area contributed by atoms with Crippen molar-refractivity contribution < 1.29 is 4.79 Å². The fourth-order valence-electron chi connectivity index (χ4n) is 2.36. The van der Waals surface area contributed by atoms with Crippen molar-refractivity contribution in [1.29, 1.82) is 5.26 Å². The Kier molecular flexibility index (Phi) is 3.38. The second-order valence-corrected chi connectivity index (χ2v) is 4.96. The number of para-hydroxylation sites is 1. The summed E-state index contributed by atoms with van der Waals surface area (Å²) in [6, 6.07) is 8.17. The lowest BCUT2D eigenvalue weighted by Gasteiger charge is -2.33. The summed E-state index contributed by atoms with van der Waals surface area (Å²) in [6.45, 7) is 4.04. The molecule has 2 rings (SSSR count). The summed E-state index contributed by atoms with van der Waals surface area (Å²) in [6.07, 6.45) is 3.21. The fourth-order valence-corrected chi connectivity index (χ4v) is 2.36. The van der Waals surface area contributed by atoms with Crippen LogP contribution in [0.2, 0.25) is 0 Å². The van der Waals surface area contributed by atoms with Crippen molar-refractivity contribution in [3.63, 3.8) is 0 Å². The molecule has 0 bridgehead atoms. The highest BCUT2D eigenvalue weighted by Gasteiger charge is 2.44. The first-order valence-corrected chi connectivity index (χ1v) is 6.44. The zero-order valence-electron chi connectivity index (χ0n) is 10.9. The van der Waals surface area contributed by atoms with E-state index >= 15 is 0 Å². The normalized spacial score (nSPS) is 16.5. The molecular formula is C15H18N2O. The van der Waals surface area contributed by atoms with Gasteiger partial charge in [0.15, 0.2) is 0 Å². The Morgan fingerprint density at radius 3 is 2.72 bits per heavy atom. The number of anilines is 1. The molecule has 1 aromatic carbocycles. The van der Waals surface area contributed by atoms with E-state index in [0.29, 0.717) is 12.8 Å². The highest BCUT2D eigenvalue weighted by molar-refractivity contribution is 5.99. The number of carbonyl (C=O) groups is 1. The van der Waals surface area contributed by atoms with Gasteiger partial charge < -0.3 is 5.32 Å². The van der Waals surface area contributed by atoms with Crippen LogP contribution in [0.3, 0.4) is 0 Å². The number of nitriles is 1. The molecule has 0 atom stereocenters. The Bertz CT molecular complexity index is 510. The number of amides is 1. The van der Waals surface area contributed by atoms with Crippen molar-refractivity contribution in [2.24, 2.45) is 5.41 Å². The minimum atomic E-state index is -0.784. The molecule has 0 spiro atoms. The quantitative estimate of drug-likeness (QED) is 0.885. The third kappa shape index (κ3) is 1.99. The predicted octanol–water partition coefficient (Wildman–Crippen LogP) is 3.19. The number of nitrogens with zero attached hydrogens (tertiary/aromatic N) is 1. The van der Waals surface area contributed by atoms with Gasteiger partial charge in [-0.3, -0.25) is 4.79 Å². The Hall–Kier alpha value is -1.82. The Morgan fingerprint density at radius 2 is 2.22 bits per heavy atom. The molecule has 0 aromatic heterocycles. The van der Waals surface area contributed by atoms with Gasteiger partial charge in [-0.05, 0) is 43.7 Å². The maximum absolute atomic E-state index is 12.2. The fraction of sp³-hybridized carbons (Fsp3) is 0.467.